The molecule has 16 heavy (non-hydrogen) atoms. The Morgan fingerprint density at radius 3 is 2.62 bits per heavy atom. The number of hydrogen-bond donors (Lipinski definition) is 0. The minimum atomic E-state index is -2.96. The molecule has 1 aromatic rings. The van der Waals surface area contributed by atoms with Gasteiger partial charge in [-0.1, -0.05) is 12.1 Å². The Bertz CT molecular complexity index is 398. The van der Waals surface area contributed by atoms with E-state index in [0.717, 1.165) is 0 Å². The maximum Gasteiger partial charge on any atom is 0.387 e. The van der Waals surface area contributed by atoms with Gasteiger partial charge in [0, 0.05) is 5.56 Å². The maximum absolute atomic E-state index is 12.2. The first-order valence-electron chi connectivity index (χ1n) is 4.31. The molecule has 88 valence electrons. The molecule has 0 aliphatic carbocycles. The summed E-state index contributed by atoms with van der Waals surface area (Å²) in [6.45, 7) is -1.68. The van der Waals surface area contributed by atoms with Gasteiger partial charge < -0.3 is 4.74 Å². The lowest BCUT2D eigenvalue weighted by Crippen LogP contribution is -2.09. The maximum atomic E-state index is 12.2. The van der Waals surface area contributed by atoms with Crippen molar-refractivity contribution in [3.8, 4) is 5.75 Å². The van der Waals surface area contributed by atoms with Crippen molar-refractivity contribution < 1.29 is 18.3 Å². The van der Waals surface area contributed by atoms with E-state index in [0.29, 0.717) is 4.47 Å². The highest BCUT2D eigenvalue weighted by Crippen LogP contribution is 2.37. The fourth-order valence-corrected chi connectivity index (χ4v) is 1.80. The standard InChI is InChI=1S/C10H8BrClF2O2/c1-5(15)8(12)6-3-2-4-7(11)9(6)16-10(13)14/h2-4,8,10H,1H3. The Balaban J connectivity index is 3.17. The molecule has 0 amide bonds. The fourth-order valence-electron chi connectivity index (χ4n) is 1.16. The number of Topliss-reactive ketones (excluding diaryl/α,β-unsaturated/α-hetero) is 1. The molecule has 0 aliphatic heterocycles. The highest BCUT2D eigenvalue weighted by molar-refractivity contribution is 9.10. The molecule has 1 unspecified atom stereocenters. The van der Waals surface area contributed by atoms with Crippen LogP contribution in [0, 0.1) is 0 Å². The van der Waals surface area contributed by atoms with Gasteiger partial charge >= 0.3 is 6.61 Å². The van der Waals surface area contributed by atoms with Gasteiger partial charge in [-0.05, 0) is 28.9 Å². The van der Waals surface area contributed by atoms with E-state index in [2.05, 4.69) is 20.7 Å². The van der Waals surface area contributed by atoms with Gasteiger partial charge in [0.2, 0.25) is 0 Å². The van der Waals surface area contributed by atoms with Crippen molar-refractivity contribution in [3.05, 3.63) is 28.2 Å². The molecule has 6 heteroatoms. The quantitative estimate of drug-likeness (QED) is 0.788. The minimum absolute atomic E-state index is 0.104. The Labute approximate surface area is 105 Å². The number of ketones is 1. The normalized spacial score (nSPS) is 12.6. The zero-order chi connectivity index (χ0) is 12.3. The first-order chi connectivity index (χ1) is 7.43. The van der Waals surface area contributed by atoms with Gasteiger partial charge in [-0.15, -0.1) is 11.6 Å². The van der Waals surface area contributed by atoms with Gasteiger partial charge in [0.25, 0.3) is 0 Å². The zero-order valence-electron chi connectivity index (χ0n) is 8.22. The summed E-state index contributed by atoms with van der Waals surface area (Å²) in [5.74, 6) is -0.438. The number of para-hydroxylation sites is 1. The third-order valence-electron chi connectivity index (χ3n) is 1.83. The molecule has 2 nitrogen and oxygen atoms in total. The summed E-state index contributed by atoms with van der Waals surface area (Å²) in [7, 11) is 0. The van der Waals surface area contributed by atoms with E-state index in [9.17, 15) is 13.6 Å². The highest BCUT2D eigenvalue weighted by Gasteiger charge is 2.21. The summed E-state index contributed by atoms with van der Waals surface area (Å²) < 4.78 is 29.0. The van der Waals surface area contributed by atoms with E-state index in [1.54, 1.807) is 6.07 Å². The average molecular weight is 314 g/mol. The monoisotopic (exact) mass is 312 g/mol. The van der Waals surface area contributed by atoms with Crippen molar-refractivity contribution in [3.63, 3.8) is 0 Å². The zero-order valence-corrected chi connectivity index (χ0v) is 10.6. The molecule has 0 saturated carbocycles. The number of carbonyl (C=O) groups is 1. The number of benzene rings is 1. The minimum Gasteiger partial charge on any atom is -0.433 e. The lowest BCUT2D eigenvalue weighted by Gasteiger charge is -2.14. The smallest absolute Gasteiger partial charge is 0.387 e. The second kappa shape index (κ2) is 5.59. The van der Waals surface area contributed by atoms with Crippen LogP contribution in [0.5, 0.6) is 5.75 Å². The van der Waals surface area contributed by atoms with Crippen molar-refractivity contribution in [2.45, 2.75) is 18.9 Å². The number of carbonyl (C=O) groups excluding carboxylic acids is 1. The van der Waals surface area contributed by atoms with E-state index < -0.39 is 12.0 Å². The first kappa shape index (κ1) is 13.4. The van der Waals surface area contributed by atoms with Crippen LogP contribution in [0.1, 0.15) is 17.9 Å². The summed E-state index contributed by atoms with van der Waals surface area (Å²) in [4.78, 5) is 11.1. The first-order valence-corrected chi connectivity index (χ1v) is 5.54. The Hall–Kier alpha value is -0.680. The van der Waals surface area contributed by atoms with E-state index >= 15 is 0 Å². The Morgan fingerprint density at radius 2 is 2.12 bits per heavy atom. The number of alkyl halides is 3. The molecule has 1 aromatic carbocycles. The van der Waals surface area contributed by atoms with E-state index in [1.807, 2.05) is 0 Å². The predicted molar refractivity (Wildman–Crippen MR) is 60.0 cm³/mol. The number of rotatable bonds is 4. The SMILES string of the molecule is CC(=O)C(Cl)c1cccc(Br)c1OC(F)F. The van der Waals surface area contributed by atoms with Gasteiger partial charge in [-0.25, -0.2) is 0 Å². The molecule has 0 fully saturated rings. The summed E-state index contributed by atoms with van der Waals surface area (Å²) >= 11 is 8.87. The Morgan fingerprint density at radius 1 is 1.50 bits per heavy atom. The third kappa shape index (κ3) is 3.15. The third-order valence-corrected chi connectivity index (χ3v) is 3.00. The van der Waals surface area contributed by atoms with Crippen molar-refractivity contribution in [2.75, 3.05) is 0 Å². The Kier molecular flexibility index (Phi) is 4.68. The molecule has 0 aliphatic rings. The molecule has 0 heterocycles. The molecule has 1 rings (SSSR count). The van der Waals surface area contributed by atoms with Crippen LogP contribution in [0.25, 0.3) is 0 Å². The summed E-state index contributed by atoms with van der Waals surface area (Å²) in [5, 5.41) is -0.994. The lowest BCUT2D eigenvalue weighted by atomic mass is 10.1. The summed E-state index contributed by atoms with van der Waals surface area (Å²) in [6.07, 6.45) is 0. The molecule has 0 spiro atoms. The van der Waals surface area contributed by atoms with Crippen molar-refractivity contribution in [2.24, 2.45) is 0 Å². The number of ether oxygens (including phenoxy) is 1. The van der Waals surface area contributed by atoms with Crippen LogP contribution in [0.2, 0.25) is 0 Å². The van der Waals surface area contributed by atoms with Gasteiger partial charge in [0.05, 0.1) is 4.47 Å². The topological polar surface area (TPSA) is 26.3 Å². The van der Waals surface area contributed by atoms with Gasteiger partial charge in [0.1, 0.15) is 11.1 Å². The molecule has 0 N–H and O–H groups in total. The molecule has 1 atom stereocenters. The van der Waals surface area contributed by atoms with Crippen molar-refractivity contribution in [1.82, 2.24) is 0 Å². The number of hydrogen-bond acceptors (Lipinski definition) is 2. The van der Waals surface area contributed by atoms with E-state index in [-0.39, 0.29) is 17.1 Å². The predicted octanol–water partition coefficient (Wildman–Crippen LogP) is 3.92. The molecular formula is C10H8BrClF2O2. The lowest BCUT2D eigenvalue weighted by molar-refractivity contribution is -0.116. The van der Waals surface area contributed by atoms with Crippen LogP contribution in [-0.4, -0.2) is 12.4 Å². The summed E-state index contributed by atoms with van der Waals surface area (Å²) in [5.41, 5.74) is 0.226. The molecular weight excluding hydrogens is 305 g/mol. The summed E-state index contributed by atoms with van der Waals surface area (Å²) in [6, 6.07) is 4.60. The van der Waals surface area contributed by atoms with Crippen LogP contribution in [0.3, 0.4) is 0 Å². The van der Waals surface area contributed by atoms with Crippen LogP contribution in [0.4, 0.5) is 8.78 Å². The molecule has 0 saturated heterocycles. The van der Waals surface area contributed by atoms with Crippen LogP contribution in [-0.2, 0) is 4.79 Å². The fraction of sp³-hybridized carbons (Fsp3) is 0.300. The van der Waals surface area contributed by atoms with E-state index in [4.69, 9.17) is 11.6 Å². The number of halogens is 4. The van der Waals surface area contributed by atoms with Crippen LogP contribution in [0.15, 0.2) is 22.7 Å². The van der Waals surface area contributed by atoms with Crippen LogP contribution < -0.4 is 4.74 Å². The highest BCUT2D eigenvalue weighted by atomic mass is 79.9. The largest absolute Gasteiger partial charge is 0.433 e. The van der Waals surface area contributed by atoms with Crippen molar-refractivity contribution in [1.29, 1.82) is 0 Å². The second-order valence-corrected chi connectivity index (χ2v) is 4.30. The average Bonchev–Trinajstić information content (AvgIpc) is 2.19. The van der Waals surface area contributed by atoms with Gasteiger partial charge in [0.15, 0.2) is 5.78 Å². The molecule has 0 bridgehead atoms. The second-order valence-electron chi connectivity index (χ2n) is 3.01. The van der Waals surface area contributed by atoms with Gasteiger partial charge in [-0.3, -0.25) is 4.79 Å². The molecule has 0 aromatic heterocycles. The van der Waals surface area contributed by atoms with E-state index in [1.165, 1.54) is 19.1 Å². The molecule has 0 radical (unpaired) electrons. The van der Waals surface area contributed by atoms with Crippen molar-refractivity contribution >= 4 is 33.3 Å². The van der Waals surface area contributed by atoms with Gasteiger partial charge in [-0.2, -0.15) is 8.78 Å². The van der Waals surface area contributed by atoms with Crippen LogP contribution >= 0.6 is 27.5 Å².